The fourth-order valence-electron chi connectivity index (χ4n) is 4.42. The molecule has 0 aliphatic rings. The highest BCUT2D eigenvalue weighted by Crippen LogP contribution is 2.37. The van der Waals surface area contributed by atoms with E-state index in [9.17, 15) is 19.5 Å². The van der Waals surface area contributed by atoms with Crippen molar-refractivity contribution >= 4 is 34.7 Å². The van der Waals surface area contributed by atoms with Gasteiger partial charge in [0.15, 0.2) is 5.78 Å². The summed E-state index contributed by atoms with van der Waals surface area (Å²) in [5, 5.41) is 10.4. The summed E-state index contributed by atoms with van der Waals surface area (Å²) in [6.07, 6.45) is 3.42. The van der Waals surface area contributed by atoms with Crippen molar-refractivity contribution in [2.24, 2.45) is 10.8 Å². The molecule has 0 aliphatic heterocycles. The van der Waals surface area contributed by atoms with Crippen LogP contribution in [-0.2, 0) is 17.8 Å². The Hall–Kier alpha value is -3.97. The third-order valence-electron chi connectivity index (χ3n) is 6.80. The molecule has 0 unspecified atom stereocenters. The number of ether oxygens (including phenoxy) is 1. The van der Waals surface area contributed by atoms with Crippen LogP contribution < -0.4 is 4.74 Å². The number of carboxylic acid groups (broad SMARTS) is 1. The van der Waals surface area contributed by atoms with Gasteiger partial charge in [0.05, 0.1) is 22.3 Å². The summed E-state index contributed by atoms with van der Waals surface area (Å²) in [5.41, 5.74) is 1.54. The number of nitrogens with zero attached hydrogens (tertiary/aromatic N) is 2. The summed E-state index contributed by atoms with van der Waals surface area (Å²) >= 11 is 6.06. The second-order valence-electron chi connectivity index (χ2n) is 11.7. The zero-order valence-corrected chi connectivity index (χ0v) is 24.3. The summed E-state index contributed by atoms with van der Waals surface area (Å²) in [6, 6.07) is 13.8. The number of fused-ring (bicyclic) bond motifs is 1. The highest BCUT2D eigenvalue weighted by Gasteiger charge is 2.37. The van der Waals surface area contributed by atoms with Crippen LogP contribution in [0.3, 0.4) is 0 Å². The molecule has 0 amide bonds. The number of aromatic nitrogens is 2. The number of aryl methyl sites for hydroxylation is 1. The Morgan fingerprint density at radius 3 is 2.25 bits per heavy atom. The lowest BCUT2D eigenvalue weighted by molar-refractivity contribution is -0.146. The van der Waals surface area contributed by atoms with E-state index in [1.165, 1.54) is 0 Å². The van der Waals surface area contributed by atoms with Crippen LogP contribution in [0.2, 0.25) is 5.02 Å². The van der Waals surface area contributed by atoms with E-state index in [0.29, 0.717) is 33.0 Å². The number of carbonyl (C=O) groups excluding carboxylic acids is 2. The first-order valence-corrected chi connectivity index (χ1v) is 13.4. The Kier molecular flexibility index (Phi) is 7.90. The van der Waals surface area contributed by atoms with Crippen molar-refractivity contribution in [2.45, 2.75) is 54.6 Å². The van der Waals surface area contributed by atoms with E-state index in [-0.39, 0.29) is 30.3 Å². The monoisotopic (exact) mass is 560 g/mol. The van der Waals surface area contributed by atoms with E-state index in [1.54, 1.807) is 87.8 Å². The third-order valence-corrected chi connectivity index (χ3v) is 7.05. The maximum atomic E-state index is 14.0. The van der Waals surface area contributed by atoms with Gasteiger partial charge in [-0.05, 0) is 74.7 Å². The number of ketones is 2. The van der Waals surface area contributed by atoms with Crippen molar-refractivity contribution in [3.63, 3.8) is 0 Å². The Morgan fingerprint density at radius 2 is 1.68 bits per heavy atom. The highest BCUT2D eigenvalue weighted by atomic mass is 35.5. The number of carbonyl (C=O) groups is 3. The predicted molar refractivity (Wildman–Crippen MR) is 154 cm³/mol. The van der Waals surface area contributed by atoms with Crippen LogP contribution in [0.15, 0.2) is 60.9 Å². The minimum absolute atomic E-state index is 0.0285. The summed E-state index contributed by atoms with van der Waals surface area (Å²) < 4.78 is 7.69. The molecule has 3 heterocycles. The molecule has 3 aromatic heterocycles. The molecule has 4 rings (SSSR count). The molecule has 40 heavy (non-hydrogen) atoms. The zero-order chi connectivity index (χ0) is 29.4. The second kappa shape index (κ2) is 10.9. The molecular formula is C32H33ClN2O5. The van der Waals surface area contributed by atoms with Gasteiger partial charge in [-0.2, -0.15) is 0 Å². The summed E-state index contributed by atoms with van der Waals surface area (Å²) in [5.74, 6) is -1.08. The van der Waals surface area contributed by atoms with Gasteiger partial charge in [0.25, 0.3) is 0 Å². The average molecular weight is 561 g/mol. The number of pyridine rings is 2. The van der Waals surface area contributed by atoms with Gasteiger partial charge in [-0.1, -0.05) is 38.4 Å². The van der Waals surface area contributed by atoms with Gasteiger partial charge in [-0.3, -0.25) is 19.4 Å². The van der Waals surface area contributed by atoms with Crippen LogP contribution in [0.5, 0.6) is 5.75 Å². The number of halogens is 1. The lowest BCUT2D eigenvalue weighted by atomic mass is 9.79. The largest absolute Gasteiger partial charge is 0.487 e. The van der Waals surface area contributed by atoms with E-state index in [4.69, 9.17) is 16.3 Å². The first-order chi connectivity index (χ1) is 18.7. The Bertz CT molecular complexity index is 1590. The van der Waals surface area contributed by atoms with Crippen molar-refractivity contribution in [1.29, 1.82) is 0 Å². The van der Waals surface area contributed by atoms with Gasteiger partial charge in [-0.15, -0.1) is 0 Å². The third kappa shape index (κ3) is 5.94. The van der Waals surface area contributed by atoms with Crippen molar-refractivity contribution < 1.29 is 24.2 Å². The van der Waals surface area contributed by atoms with E-state index < -0.39 is 16.8 Å². The maximum absolute atomic E-state index is 14.0. The number of Topliss-reactive ketones (excluding diaryl/α,β-unsaturated/α-hetero) is 1. The van der Waals surface area contributed by atoms with Gasteiger partial charge >= 0.3 is 5.97 Å². The lowest BCUT2D eigenvalue weighted by Gasteiger charge is -2.22. The van der Waals surface area contributed by atoms with Gasteiger partial charge in [0.1, 0.15) is 12.4 Å². The smallest absolute Gasteiger partial charge is 0.309 e. The molecule has 1 N–H and O–H groups in total. The summed E-state index contributed by atoms with van der Waals surface area (Å²) in [4.78, 5) is 44.5. The maximum Gasteiger partial charge on any atom is 0.309 e. The molecule has 0 saturated carbocycles. The topological polar surface area (TPSA) is 98.0 Å². The molecule has 0 atom stereocenters. The molecule has 0 saturated heterocycles. The number of carboxylic acids is 1. The minimum Gasteiger partial charge on any atom is -0.487 e. The number of rotatable bonds is 9. The standard InChI is InChI=1S/C32H33ClN2O5/c1-19-7-12-22(34-17-19)18-40-23-13-14-35-25(15-23)26(29(37)31(2,3)4)24(16-32(5,6)30(38)39)27(35)28(36)20-8-10-21(33)11-9-20/h7-15,17H,16,18H2,1-6H3,(H,38,39). The van der Waals surface area contributed by atoms with E-state index >= 15 is 0 Å². The van der Waals surface area contributed by atoms with Gasteiger partial charge in [0, 0.05) is 40.0 Å². The number of aliphatic carboxylic acids is 1. The van der Waals surface area contributed by atoms with Crippen LogP contribution in [-0.4, -0.2) is 32.0 Å². The van der Waals surface area contributed by atoms with E-state index in [0.717, 1.165) is 11.3 Å². The fraction of sp³-hybridized carbons (Fsp3) is 0.312. The quantitative estimate of drug-likeness (QED) is 0.222. The van der Waals surface area contributed by atoms with E-state index in [1.807, 2.05) is 19.1 Å². The predicted octanol–water partition coefficient (Wildman–Crippen LogP) is 6.99. The number of hydrogen-bond acceptors (Lipinski definition) is 5. The normalized spacial score (nSPS) is 12.0. The highest BCUT2D eigenvalue weighted by molar-refractivity contribution is 6.30. The van der Waals surface area contributed by atoms with Crippen LogP contribution in [0.4, 0.5) is 0 Å². The Balaban J connectivity index is 1.94. The number of benzene rings is 1. The molecule has 0 radical (unpaired) electrons. The zero-order valence-electron chi connectivity index (χ0n) is 23.5. The van der Waals surface area contributed by atoms with Crippen LogP contribution >= 0.6 is 11.6 Å². The molecular weight excluding hydrogens is 528 g/mol. The van der Waals surface area contributed by atoms with Crippen LogP contribution in [0, 0.1) is 17.8 Å². The molecule has 7 nitrogen and oxygen atoms in total. The van der Waals surface area contributed by atoms with Gasteiger partial charge < -0.3 is 14.2 Å². The van der Waals surface area contributed by atoms with Gasteiger partial charge in [0.2, 0.25) is 5.78 Å². The molecule has 208 valence electrons. The average Bonchev–Trinajstić information content (AvgIpc) is 3.19. The molecule has 0 spiro atoms. The van der Waals surface area contributed by atoms with Crippen LogP contribution in [0.25, 0.3) is 5.52 Å². The van der Waals surface area contributed by atoms with Crippen molar-refractivity contribution in [1.82, 2.24) is 9.38 Å². The molecule has 8 heteroatoms. The Labute approximate surface area is 238 Å². The molecule has 1 aromatic carbocycles. The Morgan fingerprint density at radius 1 is 1.00 bits per heavy atom. The summed E-state index contributed by atoms with van der Waals surface area (Å²) in [6.45, 7) is 10.7. The first kappa shape index (κ1) is 29.0. The lowest BCUT2D eigenvalue weighted by Crippen LogP contribution is -2.29. The summed E-state index contributed by atoms with van der Waals surface area (Å²) in [7, 11) is 0. The fourth-order valence-corrected chi connectivity index (χ4v) is 4.55. The minimum atomic E-state index is -1.25. The van der Waals surface area contributed by atoms with Gasteiger partial charge in [-0.25, -0.2) is 0 Å². The molecule has 0 aliphatic carbocycles. The van der Waals surface area contributed by atoms with Crippen molar-refractivity contribution in [3.8, 4) is 5.75 Å². The molecule has 4 aromatic rings. The van der Waals surface area contributed by atoms with E-state index in [2.05, 4.69) is 4.98 Å². The first-order valence-electron chi connectivity index (χ1n) is 13.0. The van der Waals surface area contributed by atoms with Crippen molar-refractivity contribution in [2.75, 3.05) is 0 Å². The molecule has 0 fully saturated rings. The number of hydrogen-bond donors (Lipinski definition) is 1. The second-order valence-corrected chi connectivity index (χ2v) is 12.2. The molecule has 0 bridgehead atoms. The SMILES string of the molecule is Cc1ccc(COc2ccn3c(C(=O)c4ccc(Cl)cc4)c(CC(C)(C)C(=O)O)c(C(=O)C(C)(C)C)c3c2)nc1. The van der Waals surface area contributed by atoms with Crippen LogP contribution in [0.1, 0.15) is 77.8 Å². The van der Waals surface area contributed by atoms with Crippen molar-refractivity contribution in [3.05, 3.63) is 99.6 Å².